The van der Waals surface area contributed by atoms with Gasteiger partial charge in [-0.05, 0) is 48.9 Å². The summed E-state index contributed by atoms with van der Waals surface area (Å²) in [6.45, 7) is 1.81. The van der Waals surface area contributed by atoms with Gasteiger partial charge in [0.2, 0.25) is 0 Å². The summed E-state index contributed by atoms with van der Waals surface area (Å²) in [6, 6.07) is 10.3. The molecule has 2 aromatic carbocycles. The largest absolute Gasteiger partial charge is 0.497 e. The summed E-state index contributed by atoms with van der Waals surface area (Å²) in [7, 11) is 1.55. The molecule has 0 saturated carbocycles. The van der Waals surface area contributed by atoms with E-state index in [-0.39, 0.29) is 0 Å². The Labute approximate surface area is 143 Å². The first-order valence-electron chi connectivity index (χ1n) is 7.26. The smallest absolute Gasteiger partial charge is 0.296 e. The molecule has 6 heteroatoms. The van der Waals surface area contributed by atoms with Crippen molar-refractivity contribution in [2.45, 2.75) is 6.92 Å². The number of ether oxygens (including phenoxy) is 1. The number of aromatic amines is 1. The molecular formula is C18H15ClN2O3. The van der Waals surface area contributed by atoms with E-state index in [0.717, 1.165) is 11.1 Å². The standard InChI is InChI=1S/C18H15ClN2O3/c1-10-7-11(19)3-5-15(10)21-18(23)17(22)14-9-20-16-6-4-12(24-2)8-13(14)16/h3-9,20H,1-2H3,(H,21,23). The van der Waals surface area contributed by atoms with Crippen LogP contribution in [0.15, 0.2) is 42.6 Å². The van der Waals surface area contributed by atoms with Crippen molar-refractivity contribution in [2.24, 2.45) is 0 Å². The predicted molar refractivity (Wildman–Crippen MR) is 94.0 cm³/mol. The molecule has 0 atom stereocenters. The number of carbonyl (C=O) groups excluding carboxylic acids is 2. The van der Waals surface area contributed by atoms with Crippen LogP contribution in [0.3, 0.4) is 0 Å². The number of halogens is 1. The average molecular weight is 343 g/mol. The number of amides is 1. The van der Waals surface area contributed by atoms with Crippen LogP contribution in [-0.2, 0) is 4.79 Å². The lowest BCUT2D eigenvalue weighted by Gasteiger charge is -2.08. The van der Waals surface area contributed by atoms with E-state index in [1.54, 1.807) is 43.5 Å². The highest BCUT2D eigenvalue weighted by molar-refractivity contribution is 6.48. The molecule has 5 nitrogen and oxygen atoms in total. The first-order valence-corrected chi connectivity index (χ1v) is 7.64. The molecule has 0 unspecified atom stereocenters. The SMILES string of the molecule is COc1ccc2[nH]cc(C(=O)C(=O)Nc3ccc(Cl)cc3C)c2c1. The van der Waals surface area contributed by atoms with E-state index in [9.17, 15) is 9.59 Å². The number of anilines is 1. The fraction of sp³-hybridized carbons (Fsp3) is 0.111. The second-order valence-corrected chi connectivity index (χ2v) is 5.79. The van der Waals surface area contributed by atoms with Gasteiger partial charge in [0.15, 0.2) is 0 Å². The van der Waals surface area contributed by atoms with Crippen molar-refractivity contribution in [1.29, 1.82) is 0 Å². The van der Waals surface area contributed by atoms with Crippen LogP contribution in [0.5, 0.6) is 5.75 Å². The van der Waals surface area contributed by atoms with Crippen molar-refractivity contribution in [2.75, 3.05) is 12.4 Å². The van der Waals surface area contributed by atoms with Crippen LogP contribution in [0.4, 0.5) is 5.69 Å². The van der Waals surface area contributed by atoms with Gasteiger partial charge < -0.3 is 15.0 Å². The summed E-state index contributed by atoms with van der Waals surface area (Å²) in [5.41, 5.74) is 2.39. The highest BCUT2D eigenvalue weighted by Gasteiger charge is 2.21. The highest BCUT2D eigenvalue weighted by Crippen LogP contribution is 2.25. The van der Waals surface area contributed by atoms with Crippen LogP contribution in [0.25, 0.3) is 10.9 Å². The Hall–Kier alpha value is -2.79. The molecule has 122 valence electrons. The fourth-order valence-electron chi connectivity index (χ4n) is 2.48. The molecule has 1 aromatic heterocycles. The van der Waals surface area contributed by atoms with Gasteiger partial charge in [-0.1, -0.05) is 11.6 Å². The van der Waals surface area contributed by atoms with Crippen molar-refractivity contribution in [1.82, 2.24) is 4.98 Å². The Morgan fingerprint density at radius 1 is 1.17 bits per heavy atom. The lowest BCUT2D eigenvalue weighted by molar-refractivity contribution is -0.112. The van der Waals surface area contributed by atoms with E-state index in [0.29, 0.717) is 27.4 Å². The second-order valence-electron chi connectivity index (χ2n) is 5.36. The minimum Gasteiger partial charge on any atom is -0.497 e. The number of Topliss-reactive ketones (excluding diaryl/α,β-unsaturated/α-hetero) is 1. The highest BCUT2D eigenvalue weighted by atomic mass is 35.5. The van der Waals surface area contributed by atoms with E-state index in [4.69, 9.17) is 16.3 Å². The molecule has 0 radical (unpaired) electrons. The molecule has 24 heavy (non-hydrogen) atoms. The molecule has 2 N–H and O–H groups in total. The number of carbonyl (C=O) groups is 2. The third kappa shape index (κ3) is 2.98. The molecule has 3 rings (SSSR count). The Balaban J connectivity index is 1.89. The summed E-state index contributed by atoms with van der Waals surface area (Å²) in [6.07, 6.45) is 1.53. The number of rotatable bonds is 4. The van der Waals surface area contributed by atoms with Crippen LogP contribution in [0.2, 0.25) is 5.02 Å². The molecule has 0 aliphatic carbocycles. The van der Waals surface area contributed by atoms with Gasteiger partial charge in [-0.3, -0.25) is 9.59 Å². The quantitative estimate of drug-likeness (QED) is 0.557. The lowest BCUT2D eigenvalue weighted by atomic mass is 10.1. The zero-order valence-corrected chi connectivity index (χ0v) is 13.9. The molecule has 0 aliphatic heterocycles. The number of benzene rings is 2. The first kappa shape index (κ1) is 16.1. The van der Waals surface area contributed by atoms with Crippen LogP contribution < -0.4 is 10.1 Å². The number of aromatic nitrogens is 1. The zero-order valence-electron chi connectivity index (χ0n) is 13.1. The van der Waals surface area contributed by atoms with Crippen molar-refractivity contribution in [3.8, 4) is 5.75 Å². The molecule has 0 saturated heterocycles. The Morgan fingerprint density at radius 3 is 2.67 bits per heavy atom. The summed E-state index contributed by atoms with van der Waals surface area (Å²) in [5.74, 6) is -0.710. The van der Waals surface area contributed by atoms with Gasteiger partial charge in [-0.15, -0.1) is 0 Å². The number of aryl methyl sites for hydroxylation is 1. The summed E-state index contributed by atoms with van der Waals surface area (Å²) >= 11 is 5.90. The van der Waals surface area contributed by atoms with Crippen molar-refractivity contribution >= 4 is 39.9 Å². The molecule has 1 heterocycles. The van der Waals surface area contributed by atoms with E-state index >= 15 is 0 Å². The minimum atomic E-state index is -0.704. The normalized spacial score (nSPS) is 10.6. The average Bonchev–Trinajstić information content (AvgIpc) is 2.99. The van der Waals surface area contributed by atoms with E-state index in [2.05, 4.69) is 10.3 Å². The van der Waals surface area contributed by atoms with E-state index < -0.39 is 11.7 Å². The van der Waals surface area contributed by atoms with E-state index in [1.807, 2.05) is 6.92 Å². The number of hydrogen-bond acceptors (Lipinski definition) is 3. The number of fused-ring (bicyclic) bond motifs is 1. The van der Waals surface area contributed by atoms with Crippen LogP contribution >= 0.6 is 11.6 Å². The molecule has 0 bridgehead atoms. The van der Waals surface area contributed by atoms with Gasteiger partial charge >= 0.3 is 0 Å². The zero-order chi connectivity index (χ0) is 17.3. The number of hydrogen-bond donors (Lipinski definition) is 2. The molecule has 3 aromatic rings. The summed E-state index contributed by atoms with van der Waals surface area (Å²) < 4.78 is 5.17. The van der Waals surface area contributed by atoms with E-state index in [1.165, 1.54) is 6.20 Å². The topological polar surface area (TPSA) is 71.2 Å². The van der Waals surface area contributed by atoms with Gasteiger partial charge in [-0.2, -0.15) is 0 Å². The second kappa shape index (κ2) is 6.37. The first-order chi connectivity index (χ1) is 11.5. The number of H-pyrrole nitrogens is 1. The Morgan fingerprint density at radius 2 is 1.96 bits per heavy atom. The van der Waals surface area contributed by atoms with Gasteiger partial charge in [0.25, 0.3) is 11.7 Å². The monoisotopic (exact) mass is 342 g/mol. The Kier molecular flexibility index (Phi) is 4.27. The van der Waals surface area contributed by atoms with Crippen LogP contribution in [-0.4, -0.2) is 23.8 Å². The molecule has 0 spiro atoms. The van der Waals surface area contributed by atoms with Crippen molar-refractivity contribution in [3.05, 3.63) is 58.7 Å². The fourth-order valence-corrected chi connectivity index (χ4v) is 2.71. The summed E-state index contributed by atoms with van der Waals surface area (Å²) in [5, 5.41) is 3.84. The van der Waals surface area contributed by atoms with Gasteiger partial charge in [0.05, 0.1) is 12.7 Å². The minimum absolute atomic E-state index is 0.299. The maximum atomic E-state index is 12.5. The third-order valence-corrected chi connectivity index (χ3v) is 4.01. The lowest BCUT2D eigenvalue weighted by Crippen LogP contribution is -2.23. The molecule has 0 fully saturated rings. The maximum absolute atomic E-state index is 12.5. The maximum Gasteiger partial charge on any atom is 0.296 e. The van der Waals surface area contributed by atoms with Crippen LogP contribution in [0.1, 0.15) is 15.9 Å². The number of methoxy groups -OCH3 is 1. The Bertz CT molecular complexity index is 947. The molecular weight excluding hydrogens is 328 g/mol. The number of nitrogens with one attached hydrogen (secondary N) is 2. The summed E-state index contributed by atoms with van der Waals surface area (Å²) in [4.78, 5) is 27.8. The predicted octanol–water partition coefficient (Wildman–Crippen LogP) is 3.96. The van der Waals surface area contributed by atoms with Gasteiger partial charge in [0, 0.05) is 27.8 Å². The number of ketones is 1. The van der Waals surface area contributed by atoms with Crippen molar-refractivity contribution < 1.29 is 14.3 Å². The third-order valence-electron chi connectivity index (χ3n) is 3.78. The molecule has 1 amide bonds. The molecule has 0 aliphatic rings. The van der Waals surface area contributed by atoms with Crippen molar-refractivity contribution in [3.63, 3.8) is 0 Å². The van der Waals surface area contributed by atoms with Gasteiger partial charge in [0.1, 0.15) is 5.75 Å². The van der Waals surface area contributed by atoms with Crippen LogP contribution in [0, 0.1) is 6.92 Å². The van der Waals surface area contributed by atoms with Gasteiger partial charge in [-0.25, -0.2) is 0 Å².